The van der Waals surface area contributed by atoms with Gasteiger partial charge in [-0.05, 0) is 19.4 Å². The molecule has 1 aromatic carbocycles. The van der Waals surface area contributed by atoms with Gasteiger partial charge in [0.25, 0.3) is 0 Å². The molecule has 2 heterocycles. The van der Waals surface area contributed by atoms with Crippen molar-refractivity contribution in [3.05, 3.63) is 41.4 Å². The van der Waals surface area contributed by atoms with Crippen LogP contribution in [0.25, 0.3) is 10.6 Å². The SMILES string of the molecule is O=CC1CCCN(Cc2csc(-c3ccccc3)n2)C1. The average Bonchev–Trinajstić information content (AvgIpc) is 2.97. The van der Waals surface area contributed by atoms with Crippen molar-refractivity contribution >= 4 is 17.6 Å². The fraction of sp³-hybridized carbons (Fsp3) is 0.375. The second-order valence-corrected chi connectivity index (χ2v) is 6.14. The van der Waals surface area contributed by atoms with E-state index in [-0.39, 0.29) is 5.92 Å². The van der Waals surface area contributed by atoms with Gasteiger partial charge in [0.2, 0.25) is 0 Å². The Balaban J connectivity index is 1.67. The van der Waals surface area contributed by atoms with E-state index in [1.54, 1.807) is 11.3 Å². The summed E-state index contributed by atoms with van der Waals surface area (Å²) in [4.78, 5) is 18.0. The van der Waals surface area contributed by atoms with Gasteiger partial charge in [-0.25, -0.2) is 4.98 Å². The van der Waals surface area contributed by atoms with Crippen molar-refractivity contribution in [2.45, 2.75) is 19.4 Å². The number of hydrogen-bond donors (Lipinski definition) is 0. The van der Waals surface area contributed by atoms with E-state index in [1.807, 2.05) is 18.2 Å². The molecule has 20 heavy (non-hydrogen) atoms. The summed E-state index contributed by atoms with van der Waals surface area (Å²) < 4.78 is 0. The summed E-state index contributed by atoms with van der Waals surface area (Å²) >= 11 is 1.69. The number of piperidine rings is 1. The van der Waals surface area contributed by atoms with Crippen LogP contribution >= 0.6 is 11.3 Å². The van der Waals surface area contributed by atoms with Crippen LogP contribution in [0.2, 0.25) is 0 Å². The minimum absolute atomic E-state index is 0.205. The fourth-order valence-electron chi connectivity index (χ4n) is 2.67. The molecule has 1 atom stereocenters. The quantitative estimate of drug-likeness (QED) is 0.809. The molecule has 0 aliphatic carbocycles. The lowest BCUT2D eigenvalue weighted by Gasteiger charge is -2.29. The number of rotatable bonds is 4. The van der Waals surface area contributed by atoms with Gasteiger partial charge in [-0.1, -0.05) is 30.3 Å². The van der Waals surface area contributed by atoms with Crippen molar-refractivity contribution in [3.8, 4) is 10.6 Å². The number of aromatic nitrogens is 1. The van der Waals surface area contributed by atoms with E-state index in [0.717, 1.165) is 49.5 Å². The summed E-state index contributed by atoms with van der Waals surface area (Å²) in [5, 5.41) is 3.21. The molecule has 0 radical (unpaired) electrons. The van der Waals surface area contributed by atoms with Crippen LogP contribution in [0.4, 0.5) is 0 Å². The number of carbonyl (C=O) groups is 1. The first kappa shape index (κ1) is 13.5. The average molecular weight is 286 g/mol. The van der Waals surface area contributed by atoms with Gasteiger partial charge in [-0.2, -0.15) is 0 Å². The Kier molecular flexibility index (Phi) is 4.23. The molecule has 4 heteroatoms. The highest BCUT2D eigenvalue weighted by Crippen LogP contribution is 2.24. The maximum atomic E-state index is 10.9. The fourth-order valence-corrected chi connectivity index (χ4v) is 3.49. The molecular formula is C16H18N2OS. The summed E-state index contributed by atoms with van der Waals surface area (Å²) in [6, 6.07) is 10.3. The van der Waals surface area contributed by atoms with Crippen LogP contribution < -0.4 is 0 Å². The first-order valence-corrected chi connectivity index (χ1v) is 7.90. The zero-order chi connectivity index (χ0) is 13.8. The van der Waals surface area contributed by atoms with Crippen molar-refractivity contribution < 1.29 is 4.79 Å². The van der Waals surface area contributed by atoms with Crippen molar-refractivity contribution in [2.24, 2.45) is 5.92 Å². The van der Waals surface area contributed by atoms with E-state index in [0.29, 0.717) is 0 Å². The summed E-state index contributed by atoms with van der Waals surface area (Å²) in [5.74, 6) is 0.205. The van der Waals surface area contributed by atoms with E-state index in [1.165, 1.54) is 5.56 Å². The van der Waals surface area contributed by atoms with Gasteiger partial charge in [0, 0.05) is 30.0 Å². The molecule has 0 bridgehead atoms. The highest BCUT2D eigenvalue weighted by atomic mass is 32.1. The smallest absolute Gasteiger partial charge is 0.124 e. The molecule has 2 aromatic rings. The lowest BCUT2D eigenvalue weighted by molar-refractivity contribution is -0.112. The number of likely N-dealkylation sites (tertiary alicyclic amines) is 1. The third-order valence-corrected chi connectivity index (χ3v) is 4.63. The Morgan fingerprint density at radius 3 is 3.00 bits per heavy atom. The van der Waals surface area contributed by atoms with Crippen LogP contribution in [0.1, 0.15) is 18.5 Å². The predicted octanol–water partition coefficient (Wildman–Crippen LogP) is 3.22. The number of benzene rings is 1. The Morgan fingerprint density at radius 1 is 1.35 bits per heavy atom. The number of aldehydes is 1. The lowest BCUT2D eigenvalue weighted by atomic mass is 10.00. The zero-order valence-electron chi connectivity index (χ0n) is 11.4. The van der Waals surface area contributed by atoms with E-state index in [4.69, 9.17) is 4.98 Å². The van der Waals surface area contributed by atoms with Crippen LogP contribution in [-0.2, 0) is 11.3 Å². The van der Waals surface area contributed by atoms with Gasteiger partial charge >= 0.3 is 0 Å². The molecule has 3 nitrogen and oxygen atoms in total. The van der Waals surface area contributed by atoms with Crippen molar-refractivity contribution in [3.63, 3.8) is 0 Å². The van der Waals surface area contributed by atoms with Crippen LogP contribution in [0.15, 0.2) is 35.7 Å². The summed E-state index contributed by atoms with van der Waals surface area (Å²) in [6.45, 7) is 2.80. The Labute approximate surface area is 123 Å². The van der Waals surface area contributed by atoms with E-state index < -0.39 is 0 Å². The largest absolute Gasteiger partial charge is 0.303 e. The van der Waals surface area contributed by atoms with Gasteiger partial charge in [0.05, 0.1) is 5.69 Å². The molecule has 0 saturated carbocycles. The molecule has 0 amide bonds. The number of carbonyl (C=O) groups excluding carboxylic acids is 1. The standard InChI is InChI=1S/C16H18N2OS/c19-11-13-5-4-8-18(9-13)10-15-12-20-16(17-15)14-6-2-1-3-7-14/h1-3,6-7,11-13H,4-5,8-10H2. The van der Waals surface area contributed by atoms with Crippen LogP contribution in [0.3, 0.4) is 0 Å². The third-order valence-electron chi connectivity index (χ3n) is 3.69. The topological polar surface area (TPSA) is 33.2 Å². The maximum absolute atomic E-state index is 10.9. The van der Waals surface area contributed by atoms with Crippen LogP contribution in [0, 0.1) is 5.92 Å². The second-order valence-electron chi connectivity index (χ2n) is 5.28. The van der Waals surface area contributed by atoms with Gasteiger partial charge < -0.3 is 4.79 Å². The highest BCUT2D eigenvalue weighted by molar-refractivity contribution is 7.13. The van der Waals surface area contributed by atoms with Crippen molar-refractivity contribution in [2.75, 3.05) is 13.1 Å². The molecular weight excluding hydrogens is 268 g/mol. The summed E-state index contributed by atoms with van der Waals surface area (Å²) in [7, 11) is 0. The first-order valence-electron chi connectivity index (χ1n) is 7.02. The molecule has 3 rings (SSSR count). The van der Waals surface area contributed by atoms with E-state index >= 15 is 0 Å². The minimum Gasteiger partial charge on any atom is -0.303 e. The molecule has 1 fully saturated rings. The monoisotopic (exact) mass is 286 g/mol. The molecule has 0 spiro atoms. The summed E-state index contributed by atoms with van der Waals surface area (Å²) in [5.41, 5.74) is 2.29. The lowest BCUT2D eigenvalue weighted by Crippen LogP contribution is -2.35. The summed E-state index contributed by atoms with van der Waals surface area (Å²) in [6.07, 6.45) is 3.24. The normalized spacial score (nSPS) is 19.9. The molecule has 1 unspecified atom stereocenters. The maximum Gasteiger partial charge on any atom is 0.124 e. The molecule has 1 aliphatic rings. The van der Waals surface area contributed by atoms with Gasteiger partial charge in [-0.15, -0.1) is 11.3 Å². The number of nitrogens with zero attached hydrogens (tertiary/aromatic N) is 2. The molecule has 1 saturated heterocycles. The van der Waals surface area contributed by atoms with Crippen LogP contribution in [0.5, 0.6) is 0 Å². The van der Waals surface area contributed by atoms with E-state index in [9.17, 15) is 4.79 Å². The molecule has 1 aliphatic heterocycles. The van der Waals surface area contributed by atoms with Crippen molar-refractivity contribution in [1.29, 1.82) is 0 Å². The first-order chi connectivity index (χ1) is 9.85. The third kappa shape index (κ3) is 3.14. The Bertz CT molecular complexity index is 567. The predicted molar refractivity (Wildman–Crippen MR) is 81.6 cm³/mol. The van der Waals surface area contributed by atoms with Crippen molar-refractivity contribution in [1.82, 2.24) is 9.88 Å². The Morgan fingerprint density at radius 2 is 2.20 bits per heavy atom. The number of thiazole rings is 1. The van der Waals surface area contributed by atoms with E-state index in [2.05, 4.69) is 22.4 Å². The zero-order valence-corrected chi connectivity index (χ0v) is 12.2. The van der Waals surface area contributed by atoms with Crippen LogP contribution in [-0.4, -0.2) is 29.3 Å². The van der Waals surface area contributed by atoms with Gasteiger partial charge in [0.15, 0.2) is 0 Å². The second kappa shape index (κ2) is 6.29. The molecule has 1 aromatic heterocycles. The number of hydrogen-bond acceptors (Lipinski definition) is 4. The molecule has 0 N–H and O–H groups in total. The highest BCUT2D eigenvalue weighted by Gasteiger charge is 2.20. The molecule has 104 valence electrons. The Hall–Kier alpha value is -1.52. The van der Waals surface area contributed by atoms with Gasteiger partial charge in [-0.3, -0.25) is 4.90 Å². The van der Waals surface area contributed by atoms with Gasteiger partial charge in [0.1, 0.15) is 11.3 Å². The minimum atomic E-state index is 0.205.